The Labute approximate surface area is 196 Å². The van der Waals surface area contributed by atoms with E-state index >= 15 is 0 Å². The van der Waals surface area contributed by atoms with E-state index in [1.54, 1.807) is 43.0 Å². The van der Waals surface area contributed by atoms with Crippen LogP contribution in [0.4, 0.5) is 4.79 Å². The molecule has 0 saturated carbocycles. The van der Waals surface area contributed by atoms with Crippen LogP contribution >= 0.6 is 0 Å². The monoisotopic (exact) mass is 476 g/mol. The van der Waals surface area contributed by atoms with Crippen LogP contribution in [-0.4, -0.2) is 43.5 Å². The maximum atomic E-state index is 13.0. The van der Waals surface area contributed by atoms with Gasteiger partial charge in [0.1, 0.15) is 10.6 Å². The Bertz CT molecular complexity index is 1080. The van der Waals surface area contributed by atoms with E-state index in [0.29, 0.717) is 5.56 Å². The van der Waals surface area contributed by atoms with E-state index < -0.39 is 22.2 Å². The molecule has 0 fully saturated rings. The quantitative estimate of drug-likeness (QED) is 0.426. The summed E-state index contributed by atoms with van der Waals surface area (Å²) in [5.41, 5.74) is 0.599. The predicted molar refractivity (Wildman–Crippen MR) is 126 cm³/mol. The molecule has 0 aromatic heterocycles. The zero-order valence-corrected chi connectivity index (χ0v) is 20.7. The number of rotatable bonds is 9. The first-order chi connectivity index (χ1) is 15.4. The normalized spacial score (nSPS) is 11.5. The minimum atomic E-state index is -4.31. The first-order valence-corrected chi connectivity index (χ1v) is 12.2. The van der Waals surface area contributed by atoms with Crippen LogP contribution in [0, 0.1) is 0 Å². The number of amides is 2. The Balaban J connectivity index is 2.28. The molecule has 9 heteroatoms. The lowest BCUT2D eigenvalue weighted by molar-refractivity contribution is 0.0373. The van der Waals surface area contributed by atoms with Gasteiger partial charge in [0.2, 0.25) is 0 Å². The van der Waals surface area contributed by atoms with Crippen molar-refractivity contribution in [2.75, 3.05) is 0 Å². The molecule has 8 nitrogen and oxygen atoms in total. The van der Waals surface area contributed by atoms with Gasteiger partial charge in [0.25, 0.3) is 0 Å². The summed E-state index contributed by atoms with van der Waals surface area (Å²) >= 11 is 0. The predicted octanol–water partition coefficient (Wildman–Crippen LogP) is 4.35. The number of hydrogen-bond acceptors (Lipinski definition) is 6. The van der Waals surface area contributed by atoms with Gasteiger partial charge in [-0.3, -0.25) is 0 Å². The van der Waals surface area contributed by atoms with Crippen molar-refractivity contribution in [2.45, 2.75) is 71.2 Å². The summed E-state index contributed by atoms with van der Waals surface area (Å²) in [4.78, 5) is 26.3. The molecule has 2 rings (SSSR count). The highest BCUT2D eigenvalue weighted by molar-refractivity contribution is 7.87. The molecule has 2 amide bonds. The maximum absolute atomic E-state index is 13.0. The van der Waals surface area contributed by atoms with E-state index in [0.717, 1.165) is 0 Å². The molecular formula is C24H32N2O6S. The molecule has 0 heterocycles. The molecule has 0 aliphatic carbocycles. The molecule has 0 bridgehead atoms. The summed E-state index contributed by atoms with van der Waals surface area (Å²) in [5, 5.41) is 2.87. The summed E-state index contributed by atoms with van der Waals surface area (Å²) < 4.78 is 36.5. The smallest absolute Gasteiger partial charge is 0.340 e. The maximum Gasteiger partial charge on any atom is 0.340 e. The molecule has 0 unspecified atom stereocenters. The molecule has 0 atom stereocenters. The fourth-order valence-corrected chi connectivity index (χ4v) is 4.13. The second-order valence-corrected chi connectivity index (χ2v) is 9.98. The molecule has 1 N–H and O–H groups in total. The molecule has 0 aliphatic rings. The van der Waals surface area contributed by atoms with Gasteiger partial charge in [0.15, 0.2) is 0 Å². The van der Waals surface area contributed by atoms with Crippen LogP contribution in [0.1, 0.15) is 57.5 Å². The average Bonchev–Trinajstić information content (AvgIpc) is 2.70. The molecule has 180 valence electrons. The van der Waals surface area contributed by atoms with Crippen LogP contribution in [0.25, 0.3) is 0 Å². The molecule has 0 radical (unpaired) electrons. The minimum Gasteiger partial charge on any atom is -0.459 e. The summed E-state index contributed by atoms with van der Waals surface area (Å²) in [6.45, 7) is 11.2. The van der Waals surface area contributed by atoms with E-state index in [9.17, 15) is 18.0 Å². The van der Waals surface area contributed by atoms with Gasteiger partial charge in [-0.05, 0) is 71.4 Å². The van der Waals surface area contributed by atoms with Crippen LogP contribution in [0.2, 0.25) is 0 Å². The Kier molecular flexibility index (Phi) is 8.87. The zero-order valence-electron chi connectivity index (χ0n) is 19.9. The third kappa shape index (κ3) is 7.49. The molecule has 0 spiro atoms. The number of nitrogens with zero attached hydrogens (tertiary/aromatic N) is 1. The average molecular weight is 477 g/mol. The number of ether oxygens (including phenoxy) is 1. The van der Waals surface area contributed by atoms with Crippen LogP contribution < -0.4 is 9.50 Å². The summed E-state index contributed by atoms with van der Waals surface area (Å²) in [6, 6.07) is 11.9. The fraction of sp³-hybridized carbons (Fsp3) is 0.417. The Hall–Kier alpha value is -3.07. The topological polar surface area (TPSA) is 102 Å². The minimum absolute atomic E-state index is 0.0129. The Morgan fingerprint density at radius 1 is 0.970 bits per heavy atom. The van der Waals surface area contributed by atoms with Gasteiger partial charge in [0.05, 0.1) is 11.7 Å². The number of esters is 1. The highest BCUT2D eigenvalue weighted by atomic mass is 32.2. The van der Waals surface area contributed by atoms with Crippen LogP contribution in [0.3, 0.4) is 0 Å². The number of carbonyl (C=O) groups excluding carboxylic acids is 2. The van der Waals surface area contributed by atoms with Gasteiger partial charge in [-0.1, -0.05) is 24.3 Å². The molecule has 33 heavy (non-hydrogen) atoms. The summed E-state index contributed by atoms with van der Waals surface area (Å²) in [7, 11) is -4.31. The second kappa shape index (κ2) is 11.2. The van der Waals surface area contributed by atoms with E-state index in [1.807, 2.05) is 27.7 Å². The molecule has 0 saturated heterocycles. The molecular weight excluding hydrogens is 444 g/mol. The standard InChI is InChI=1S/C24H32N2O6S/c1-16(2)25-24(28)26(17(3)4)15-19-10-9-11-20(14-19)32-33(29,30)22-13-8-7-12-21(22)23(27)31-18(5)6/h7-14,16-18H,15H2,1-6H3,(H,25,28). The highest BCUT2D eigenvalue weighted by Crippen LogP contribution is 2.24. The van der Waals surface area contributed by atoms with Crippen LogP contribution in [0.5, 0.6) is 5.75 Å². The third-order valence-electron chi connectivity index (χ3n) is 4.47. The second-order valence-electron chi connectivity index (χ2n) is 8.46. The molecule has 2 aromatic rings. The number of nitrogens with one attached hydrogen (secondary N) is 1. The van der Waals surface area contributed by atoms with Gasteiger partial charge in [-0.25, -0.2) is 9.59 Å². The lowest BCUT2D eigenvalue weighted by atomic mass is 10.2. The third-order valence-corrected chi connectivity index (χ3v) is 5.78. The van der Waals surface area contributed by atoms with E-state index in [2.05, 4.69) is 5.32 Å². The zero-order chi connectivity index (χ0) is 24.8. The van der Waals surface area contributed by atoms with E-state index in [1.165, 1.54) is 24.3 Å². The van der Waals surface area contributed by atoms with Crippen molar-refractivity contribution in [1.29, 1.82) is 0 Å². The number of hydrogen-bond donors (Lipinski definition) is 1. The number of benzene rings is 2. The van der Waals surface area contributed by atoms with Crippen molar-refractivity contribution in [3.8, 4) is 5.75 Å². The summed E-state index contributed by atoms with van der Waals surface area (Å²) in [6.07, 6.45) is -0.400. The van der Waals surface area contributed by atoms with Gasteiger partial charge < -0.3 is 19.1 Å². The van der Waals surface area contributed by atoms with E-state index in [4.69, 9.17) is 8.92 Å². The lowest BCUT2D eigenvalue weighted by Gasteiger charge is -2.28. The molecule has 2 aromatic carbocycles. The lowest BCUT2D eigenvalue weighted by Crippen LogP contribution is -2.45. The van der Waals surface area contributed by atoms with Crippen molar-refractivity contribution in [3.63, 3.8) is 0 Å². The van der Waals surface area contributed by atoms with Crippen molar-refractivity contribution in [2.24, 2.45) is 0 Å². The Morgan fingerprint density at radius 3 is 2.24 bits per heavy atom. The van der Waals surface area contributed by atoms with Gasteiger partial charge in [0, 0.05) is 18.6 Å². The molecule has 0 aliphatic heterocycles. The first-order valence-electron chi connectivity index (χ1n) is 10.8. The number of carbonyl (C=O) groups is 2. The summed E-state index contributed by atoms with van der Waals surface area (Å²) in [5.74, 6) is -0.669. The SMILES string of the molecule is CC(C)NC(=O)N(Cc1cccc(OS(=O)(=O)c2ccccc2C(=O)OC(C)C)c1)C(C)C. The van der Waals surface area contributed by atoms with Crippen LogP contribution in [-0.2, 0) is 21.4 Å². The van der Waals surface area contributed by atoms with Gasteiger partial charge >= 0.3 is 22.1 Å². The highest BCUT2D eigenvalue weighted by Gasteiger charge is 2.26. The van der Waals surface area contributed by atoms with Crippen LogP contribution in [0.15, 0.2) is 53.4 Å². The van der Waals surface area contributed by atoms with Gasteiger partial charge in [-0.2, -0.15) is 8.42 Å². The van der Waals surface area contributed by atoms with Crippen molar-refractivity contribution in [3.05, 3.63) is 59.7 Å². The van der Waals surface area contributed by atoms with Gasteiger partial charge in [-0.15, -0.1) is 0 Å². The number of urea groups is 1. The van der Waals surface area contributed by atoms with Crippen molar-refractivity contribution >= 4 is 22.1 Å². The van der Waals surface area contributed by atoms with E-state index in [-0.39, 0.29) is 40.9 Å². The largest absolute Gasteiger partial charge is 0.459 e. The van der Waals surface area contributed by atoms with Crippen molar-refractivity contribution < 1.29 is 26.9 Å². The first kappa shape index (κ1) is 26.2. The fourth-order valence-electron chi connectivity index (χ4n) is 3.01. The Morgan fingerprint density at radius 2 is 1.64 bits per heavy atom. The van der Waals surface area contributed by atoms with Crippen molar-refractivity contribution in [1.82, 2.24) is 10.2 Å².